The number of alkyl halides is 3. The van der Waals surface area contributed by atoms with Crippen LogP contribution in [0.4, 0.5) is 0 Å². The second-order valence-electron chi connectivity index (χ2n) is 4.64. The fourth-order valence-corrected chi connectivity index (χ4v) is 2.22. The molecule has 0 spiro atoms. The first-order valence-electron chi connectivity index (χ1n) is 6.67. The van der Waals surface area contributed by atoms with Gasteiger partial charge in [0, 0.05) is 5.56 Å². The molecule has 0 fully saturated rings. The quantitative estimate of drug-likeness (QED) is 0.597. The van der Waals surface area contributed by atoms with Gasteiger partial charge < -0.3 is 14.5 Å². The van der Waals surface area contributed by atoms with Crippen LogP contribution in [0.15, 0.2) is 47.1 Å². The van der Waals surface area contributed by atoms with Crippen molar-refractivity contribution in [1.82, 2.24) is 10.6 Å². The minimum absolute atomic E-state index is 0.300. The number of hydrogen-bond acceptors (Lipinski definition) is 4. The highest BCUT2D eigenvalue weighted by molar-refractivity contribution is 6.68. The van der Waals surface area contributed by atoms with Gasteiger partial charge in [0.2, 0.25) is 3.79 Å². The van der Waals surface area contributed by atoms with Crippen molar-refractivity contribution in [2.45, 2.75) is 16.5 Å². The summed E-state index contributed by atoms with van der Waals surface area (Å²) in [5.74, 6) is 0.925. The summed E-state index contributed by atoms with van der Waals surface area (Å²) in [6.07, 6.45) is 0.643. The summed E-state index contributed by atoms with van der Waals surface area (Å²) in [5, 5.41) is 5.58. The number of furan rings is 1. The van der Waals surface area contributed by atoms with Crippen molar-refractivity contribution < 1.29 is 13.9 Å². The van der Waals surface area contributed by atoms with Crippen LogP contribution >= 0.6 is 34.8 Å². The van der Waals surface area contributed by atoms with E-state index in [9.17, 15) is 4.79 Å². The minimum atomic E-state index is -1.73. The number of carbonyl (C=O) groups excluding carboxylic acids is 1. The number of amides is 1. The lowest BCUT2D eigenvalue weighted by atomic mass is 10.2. The third-order valence-corrected chi connectivity index (χ3v) is 3.67. The van der Waals surface area contributed by atoms with Crippen LogP contribution in [0.5, 0.6) is 5.75 Å². The van der Waals surface area contributed by atoms with Gasteiger partial charge in [-0.05, 0) is 36.4 Å². The summed E-state index contributed by atoms with van der Waals surface area (Å²) in [7, 11) is 1.55. The molecule has 1 heterocycles. The van der Waals surface area contributed by atoms with Crippen molar-refractivity contribution in [3.63, 3.8) is 0 Å². The Morgan fingerprint density at radius 1 is 1.26 bits per heavy atom. The Bertz CT molecular complexity index is 624. The van der Waals surface area contributed by atoms with E-state index in [1.165, 1.54) is 6.26 Å². The average molecular weight is 378 g/mol. The monoisotopic (exact) mass is 376 g/mol. The Morgan fingerprint density at radius 3 is 2.48 bits per heavy atom. The summed E-state index contributed by atoms with van der Waals surface area (Å²) >= 11 is 17.8. The Balaban J connectivity index is 2.02. The SMILES string of the molecule is COc1ccc(C(=O)N[C@@H](NCc2ccco2)C(Cl)(Cl)Cl)cc1. The van der Waals surface area contributed by atoms with E-state index in [1.807, 2.05) is 0 Å². The number of halogens is 3. The van der Waals surface area contributed by atoms with Gasteiger partial charge >= 0.3 is 0 Å². The Kier molecular flexibility index (Phi) is 6.18. The lowest BCUT2D eigenvalue weighted by molar-refractivity contribution is 0.0928. The van der Waals surface area contributed by atoms with Gasteiger partial charge in [-0.25, -0.2) is 0 Å². The van der Waals surface area contributed by atoms with Crippen LogP contribution in [0.3, 0.4) is 0 Å². The maximum Gasteiger partial charge on any atom is 0.252 e. The standard InChI is InChI=1S/C15H15Cl3N2O3/c1-22-11-6-4-10(5-7-11)13(21)20-14(15(16,17)18)19-9-12-3-2-8-23-12/h2-8,14,19H,9H2,1H3,(H,20,21)/t14-/m1/s1. The number of benzene rings is 1. The van der Waals surface area contributed by atoms with Crippen LogP contribution in [0, 0.1) is 0 Å². The predicted molar refractivity (Wildman–Crippen MR) is 90.1 cm³/mol. The molecule has 8 heteroatoms. The third-order valence-electron chi connectivity index (χ3n) is 3.02. The fourth-order valence-electron chi connectivity index (χ4n) is 1.82. The topological polar surface area (TPSA) is 63.5 Å². The minimum Gasteiger partial charge on any atom is -0.497 e. The summed E-state index contributed by atoms with van der Waals surface area (Å²) in [6, 6.07) is 10.1. The maximum atomic E-state index is 12.3. The second-order valence-corrected chi connectivity index (χ2v) is 7.01. The number of methoxy groups -OCH3 is 1. The maximum absolute atomic E-state index is 12.3. The summed E-state index contributed by atoms with van der Waals surface area (Å²) < 4.78 is 8.51. The molecular formula is C15H15Cl3N2O3. The van der Waals surface area contributed by atoms with E-state index in [1.54, 1.807) is 43.5 Å². The summed E-state index contributed by atoms with van der Waals surface area (Å²) in [6.45, 7) is 0.300. The molecule has 1 aromatic heterocycles. The lowest BCUT2D eigenvalue weighted by Crippen LogP contribution is -2.53. The van der Waals surface area contributed by atoms with Crippen molar-refractivity contribution in [1.29, 1.82) is 0 Å². The highest BCUT2D eigenvalue weighted by atomic mass is 35.6. The zero-order chi connectivity index (χ0) is 16.9. The molecule has 2 aromatic rings. The first kappa shape index (κ1) is 17.9. The van der Waals surface area contributed by atoms with E-state index in [-0.39, 0.29) is 5.91 Å². The van der Waals surface area contributed by atoms with Crippen LogP contribution in [-0.2, 0) is 6.54 Å². The van der Waals surface area contributed by atoms with E-state index >= 15 is 0 Å². The molecule has 0 saturated heterocycles. The van der Waals surface area contributed by atoms with Gasteiger partial charge in [0.05, 0.1) is 19.9 Å². The predicted octanol–water partition coefficient (Wildman–Crippen LogP) is 3.50. The zero-order valence-electron chi connectivity index (χ0n) is 12.2. The fraction of sp³-hybridized carbons (Fsp3) is 0.267. The van der Waals surface area contributed by atoms with Gasteiger partial charge in [-0.15, -0.1) is 0 Å². The van der Waals surface area contributed by atoms with Crippen molar-refractivity contribution in [2.24, 2.45) is 0 Å². The highest BCUT2D eigenvalue weighted by Gasteiger charge is 2.34. The number of nitrogens with one attached hydrogen (secondary N) is 2. The Labute approximate surface area is 148 Å². The van der Waals surface area contributed by atoms with E-state index < -0.39 is 9.96 Å². The van der Waals surface area contributed by atoms with Gasteiger partial charge in [0.25, 0.3) is 5.91 Å². The molecule has 0 radical (unpaired) electrons. The van der Waals surface area contributed by atoms with Crippen molar-refractivity contribution in [2.75, 3.05) is 7.11 Å². The molecule has 0 aliphatic rings. The van der Waals surface area contributed by atoms with Crippen molar-refractivity contribution in [3.05, 3.63) is 54.0 Å². The molecule has 5 nitrogen and oxygen atoms in total. The van der Waals surface area contributed by atoms with Gasteiger partial charge in [-0.1, -0.05) is 34.8 Å². The van der Waals surface area contributed by atoms with Crippen LogP contribution < -0.4 is 15.4 Å². The van der Waals surface area contributed by atoms with Gasteiger partial charge in [0.1, 0.15) is 17.7 Å². The largest absolute Gasteiger partial charge is 0.497 e. The molecule has 0 bridgehead atoms. The summed E-state index contributed by atoms with van der Waals surface area (Å²) in [4.78, 5) is 12.3. The molecule has 23 heavy (non-hydrogen) atoms. The molecule has 0 aliphatic carbocycles. The lowest BCUT2D eigenvalue weighted by Gasteiger charge is -2.26. The highest BCUT2D eigenvalue weighted by Crippen LogP contribution is 2.29. The molecule has 1 amide bonds. The Hall–Kier alpha value is -1.40. The first-order chi connectivity index (χ1) is 10.9. The van der Waals surface area contributed by atoms with Crippen LogP contribution in [0.25, 0.3) is 0 Å². The molecule has 2 N–H and O–H groups in total. The van der Waals surface area contributed by atoms with E-state index in [4.69, 9.17) is 44.0 Å². The number of rotatable bonds is 6. The molecule has 1 aromatic carbocycles. The molecule has 0 aliphatic heterocycles. The summed E-state index contributed by atoms with van der Waals surface area (Å²) in [5.41, 5.74) is 0.421. The smallest absolute Gasteiger partial charge is 0.252 e. The van der Waals surface area contributed by atoms with E-state index in [0.717, 1.165) is 0 Å². The second kappa shape index (κ2) is 7.93. The number of ether oxygens (including phenoxy) is 1. The third kappa shape index (κ3) is 5.32. The molecule has 0 unspecified atom stereocenters. The zero-order valence-corrected chi connectivity index (χ0v) is 14.5. The van der Waals surface area contributed by atoms with Crippen LogP contribution in [0.1, 0.15) is 16.1 Å². The van der Waals surface area contributed by atoms with Crippen LogP contribution in [-0.4, -0.2) is 23.0 Å². The molecule has 124 valence electrons. The molecule has 1 atom stereocenters. The van der Waals surface area contributed by atoms with E-state index in [0.29, 0.717) is 23.6 Å². The van der Waals surface area contributed by atoms with E-state index in [2.05, 4.69) is 10.6 Å². The van der Waals surface area contributed by atoms with Crippen molar-refractivity contribution >= 4 is 40.7 Å². The normalized spacial score (nSPS) is 12.7. The molecular weight excluding hydrogens is 363 g/mol. The molecule has 2 rings (SSSR count). The number of hydrogen-bond donors (Lipinski definition) is 2. The first-order valence-corrected chi connectivity index (χ1v) is 7.81. The Morgan fingerprint density at radius 2 is 1.96 bits per heavy atom. The van der Waals surface area contributed by atoms with Crippen molar-refractivity contribution in [3.8, 4) is 5.75 Å². The van der Waals surface area contributed by atoms with Gasteiger partial charge in [-0.2, -0.15) is 0 Å². The molecule has 0 saturated carbocycles. The van der Waals surface area contributed by atoms with Crippen LogP contribution in [0.2, 0.25) is 0 Å². The average Bonchev–Trinajstić information content (AvgIpc) is 3.03. The van der Waals surface area contributed by atoms with Gasteiger partial charge in [-0.3, -0.25) is 10.1 Å². The van der Waals surface area contributed by atoms with Gasteiger partial charge in [0.15, 0.2) is 0 Å². The number of carbonyl (C=O) groups is 1.